The summed E-state index contributed by atoms with van der Waals surface area (Å²) < 4.78 is 15.6. The van der Waals surface area contributed by atoms with Gasteiger partial charge in [0, 0.05) is 6.07 Å². The van der Waals surface area contributed by atoms with Gasteiger partial charge >= 0.3 is 11.9 Å². The van der Waals surface area contributed by atoms with E-state index in [1.807, 2.05) is 0 Å². The number of carbonyl (C=O) groups is 2. The van der Waals surface area contributed by atoms with Gasteiger partial charge in [-0.05, 0) is 41.5 Å². The second-order valence-corrected chi connectivity index (χ2v) is 5.95. The smallest absolute Gasteiger partial charge is 0.356 e. The second kappa shape index (κ2) is 6.15. The molecular weight excluding hydrogens is 276 g/mol. The summed E-state index contributed by atoms with van der Waals surface area (Å²) in [7, 11) is 0. The summed E-state index contributed by atoms with van der Waals surface area (Å²) in [6, 6.07) is 1.38. The summed E-state index contributed by atoms with van der Waals surface area (Å²) in [5, 5.41) is 6.33. The van der Waals surface area contributed by atoms with E-state index in [1.54, 1.807) is 41.5 Å². The maximum absolute atomic E-state index is 12.1. The third-order valence-corrected chi connectivity index (χ3v) is 2.30. The van der Waals surface area contributed by atoms with Crippen LogP contribution in [0.25, 0.3) is 0 Å². The summed E-state index contributed by atoms with van der Waals surface area (Å²) >= 11 is 0. The van der Waals surface area contributed by atoms with E-state index in [9.17, 15) is 9.59 Å². The fourth-order valence-corrected chi connectivity index (χ4v) is 1.37. The summed E-state index contributed by atoms with van der Waals surface area (Å²) in [4.78, 5) is 23.6. The first-order valence-corrected chi connectivity index (χ1v) is 6.70. The van der Waals surface area contributed by atoms with Gasteiger partial charge in [0.05, 0.1) is 6.61 Å². The van der Waals surface area contributed by atoms with E-state index in [1.165, 1.54) is 6.07 Å². The lowest BCUT2D eigenvalue weighted by atomic mass is 10.1. The van der Waals surface area contributed by atoms with E-state index in [0.29, 0.717) is 0 Å². The van der Waals surface area contributed by atoms with Crippen molar-refractivity contribution in [2.24, 2.45) is 0 Å². The molecule has 1 N–H and O–H groups in total. The lowest BCUT2D eigenvalue weighted by molar-refractivity contribution is -0.171. The molecule has 0 unspecified atom stereocenters. The Kier molecular flexibility index (Phi) is 4.98. The normalized spacial score (nSPS) is 11.9. The predicted molar refractivity (Wildman–Crippen MR) is 75.1 cm³/mol. The Morgan fingerprint density at radius 1 is 1.24 bits per heavy atom. The van der Waals surface area contributed by atoms with Crippen molar-refractivity contribution < 1.29 is 23.8 Å². The number of aromatic nitrogens is 2. The summed E-state index contributed by atoms with van der Waals surface area (Å²) in [6.45, 7) is 10.4. The molecule has 118 valence electrons. The van der Waals surface area contributed by atoms with Crippen molar-refractivity contribution >= 4 is 11.9 Å². The molecule has 7 nitrogen and oxygen atoms in total. The molecule has 0 aliphatic heterocycles. The first-order chi connectivity index (χ1) is 9.55. The Morgan fingerprint density at radius 2 is 1.86 bits per heavy atom. The molecule has 21 heavy (non-hydrogen) atoms. The molecule has 0 aliphatic rings. The number of hydrogen-bond donors (Lipinski definition) is 1. The van der Waals surface area contributed by atoms with Crippen LogP contribution in [0.1, 0.15) is 52.0 Å². The van der Waals surface area contributed by atoms with Crippen molar-refractivity contribution in [3.05, 3.63) is 11.8 Å². The molecule has 0 saturated heterocycles. The standard InChI is InChI=1S/C14H22N2O5/c1-7-19-11(17)9-8-10(16-15-9)20-14(5,6)12(18)21-13(2,3)4/h8H,7H2,1-6H3,(H,15,16). The number of hydrogen-bond acceptors (Lipinski definition) is 6. The SMILES string of the molecule is CCOC(=O)c1cc(OC(C)(C)C(=O)OC(C)(C)C)n[nH]1. The van der Waals surface area contributed by atoms with Gasteiger partial charge in [0.25, 0.3) is 0 Å². The van der Waals surface area contributed by atoms with Crippen molar-refractivity contribution in [2.75, 3.05) is 6.61 Å². The number of rotatable bonds is 5. The number of esters is 2. The molecule has 0 saturated carbocycles. The third kappa shape index (κ3) is 5.09. The van der Waals surface area contributed by atoms with Crippen LogP contribution in [0.4, 0.5) is 0 Å². The molecule has 0 amide bonds. The van der Waals surface area contributed by atoms with Crippen molar-refractivity contribution in [1.29, 1.82) is 0 Å². The van der Waals surface area contributed by atoms with E-state index in [4.69, 9.17) is 14.2 Å². The average Bonchev–Trinajstić information content (AvgIpc) is 2.74. The van der Waals surface area contributed by atoms with Gasteiger partial charge in [-0.2, -0.15) is 0 Å². The largest absolute Gasteiger partial charge is 0.461 e. The highest BCUT2D eigenvalue weighted by atomic mass is 16.6. The fraction of sp³-hybridized carbons (Fsp3) is 0.643. The molecule has 0 aliphatic carbocycles. The summed E-state index contributed by atoms with van der Waals surface area (Å²) in [5.74, 6) is -0.931. The Balaban J connectivity index is 2.75. The molecule has 0 bridgehead atoms. The Morgan fingerprint density at radius 3 is 2.38 bits per heavy atom. The summed E-state index contributed by atoms with van der Waals surface area (Å²) in [6.07, 6.45) is 0. The van der Waals surface area contributed by atoms with Crippen molar-refractivity contribution in [3.63, 3.8) is 0 Å². The lowest BCUT2D eigenvalue weighted by Gasteiger charge is -2.28. The van der Waals surface area contributed by atoms with Gasteiger partial charge in [-0.15, -0.1) is 5.10 Å². The van der Waals surface area contributed by atoms with E-state index < -0.39 is 23.1 Å². The van der Waals surface area contributed by atoms with Gasteiger partial charge in [-0.25, -0.2) is 9.59 Å². The minimum absolute atomic E-state index is 0.119. The van der Waals surface area contributed by atoms with Gasteiger partial charge in [0.15, 0.2) is 0 Å². The van der Waals surface area contributed by atoms with E-state index in [-0.39, 0.29) is 18.2 Å². The van der Waals surface area contributed by atoms with Gasteiger partial charge in [0.1, 0.15) is 11.3 Å². The molecule has 1 aromatic heterocycles. The monoisotopic (exact) mass is 298 g/mol. The highest BCUT2D eigenvalue weighted by Crippen LogP contribution is 2.21. The molecule has 0 aromatic carbocycles. The Hall–Kier alpha value is -2.05. The van der Waals surface area contributed by atoms with Crippen molar-refractivity contribution in [1.82, 2.24) is 10.2 Å². The number of H-pyrrole nitrogens is 1. The van der Waals surface area contributed by atoms with Crippen molar-refractivity contribution in [2.45, 2.75) is 52.7 Å². The molecule has 0 fully saturated rings. The molecule has 0 spiro atoms. The van der Waals surface area contributed by atoms with Crippen LogP contribution in [0.15, 0.2) is 6.07 Å². The number of carbonyl (C=O) groups excluding carboxylic acids is 2. The third-order valence-electron chi connectivity index (χ3n) is 2.30. The predicted octanol–water partition coefficient (Wildman–Crippen LogP) is 2.09. The first kappa shape index (κ1) is 17.0. The number of ether oxygens (including phenoxy) is 3. The maximum atomic E-state index is 12.1. The Labute approximate surface area is 124 Å². The van der Waals surface area contributed by atoms with Crippen LogP contribution in [-0.2, 0) is 14.3 Å². The lowest BCUT2D eigenvalue weighted by Crippen LogP contribution is -2.43. The minimum atomic E-state index is -1.23. The zero-order valence-electron chi connectivity index (χ0n) is 13.3. The summed E-state index contributed by atoms with van der Waals surface area (Å²) in [5.41, 5.74) is -1.68. The first-order valence-electron chi connectivity index (χ1n) is 6.70. The molecule has 1 aromatic rings. The van der Waals surface area contributed by atoms with Crippen LogP contribution in [0.5, 0.6) is 5.88 Å². The van der Waals surface area contributed by atoms with Crippen LogP contribution in [0, 0.1) is 0 Å². The van der Waals surface area contributed by atoms with Gasteiger partial charge in [-0.1, -0.05) is 0 Å². The van der Waals surface area contributed by atoms with Gasteiger partial charge < -0.3 is 14.2 Å². The van der Waals surface area contributed by atoms with Crippen molar-refractivity contribution in [3.8, 4) is 5.88 Å². The van der Waals surface area contributed by atoms with Crippen LogP contribution in [0.3, 0.4) is 0 Å². The molecule has 1 heterocycles. The average molecular weight is 298 g/mol. The second-order valence-electron chi connectivity index (χ2n) is 5.95. The highest BCUT2D eigenvalue weighted by Gasteiger charge is 2.35. The van der Waals surface area contributed by atoms with Crippen LogP contribution in [0.2, 0.25) is 0 Å². The van der Waals surface area contributed by atoms with Crippen LogP contribution in [-0.4, -0.2) is 39.9 Å². The van der Waals surface area contributed by atoms with E-state index in [2.05, 4.69) is 10.2 Å². The fourth-order valence-electron chi connectivity index (χ4n) is 1.37. The highest BCUT2D eigenvalue weighted by molar-refractivity contribution is 5.87. The Bertz CT molecular complexity index is 514. The quantitative estimate of drug-likeness (QED) is 0.837. The van der Waals surface area contributed by atoms with E-state index in [0.717, 1.165) is 0 Å². The van der Waals surface area contributed by atoms with E-state index >= 15 is 0 Å². The minimum Gasteiger partial charge on any atom is -0.461 e. The van der Waals surface area contributed by atoms with Gasteiger partial charge in [0.2, 0.25) is 11.5 Å². The molecular formula is C14H22N2O5. The van der Waals surface area contributed by atoms with Crippen LogP contribution < -0.4 is 4.74 Å². The molecule has 7 heteroatoms. The maximum Gasteiger partial charge on any atom is 0.356 e. The van der Waals surface area contributed by atoms with Gasteiger partial charge in [-0.3, -0.25) is 5.10 Å². The zero-order valence-corrected chi connectivity index (χ0v) is 13.3. The zero-order chi connectivity index (χ0) is 16.3. The number of nitrogens with one attached hydrogen (secondary N) is 1. The topological polar surface area (TPSA) is 90.5 Å². The number of aromatic amines is 1. The molecule has 1 rings (SSSR count). The van der Waals surface area contributed by atoms with Crippen LogP contribution >= 0.6 is 0 Å². The number of nitrogens with zero attached hydrogens (tertiary/aromatic N) is 1. The molecule has 0 radical (unpaired) electrons. The molecule has 0 atom stereocenters.